The SMILES string of the molecule is CC(CC(C)(C)C)n1ccc2ccc(Cl)cc21. The number of hydrogen-bond donors (Lipinski definition) is 0. The second-order valence-corrected chi connectivity index (χ2v) is 6.48. The van der Waals surface area contributed by atoms with E-state index in [1.807, 2.05) is 6.07 Å². The highest BCUT2D eigenvalue weighted by molar-refractivity contribution is 6.31. The van der Waals surface area contributed by atoms with Gasteiger partial charge < -0.3 is 4.57 Å². The largest absolute Gasteiger partial charge is 0.345 e. The number of nitrogens with zero attached hydrogens (tertiary/aromatic N) is 1. The number of benzene rings is 1. The zero-order chi connectivity index (χ0) is 12.6. The van der Waals surface area contributed by atoms with Crippen molar-refractivity contribution in [1.82, 2.24) is 4.57 Å². The lowest BCUT2D eigenvalue weighted by Gasteiger charge is -2.25. The summed E-state index contributed by atoms with van der Waals surface area (Å²) >= 11 is 6.07. The van der Waals surface area contributed by atoms with Crippen LogP contribution in [-0.4, -0.2) is 4.57 Å². The predicted octanol–water partition coefficient (Wildman–Crippen LogP) is 5.29. The second kappa shape index (κ2) is 4.38. The van der Waals surface area contributed by atoms with Gasteiger partial charge in [0.2, 0.25) is 0 Å². The van der Waals surface area contributed by atoms with E-state index in [1.165, 1.54) is 10.9 Å². The van der Waals surface area contributed by atoms with Gasteiger partial charge in [-0.15, -0.1) is 0 Å². The first-order valence-corrected chi connectivity index (χ1v) is 6.51. The highest BCUT2D eigenvalue weighted by Crippen LogP contribution is 2.30. The van der Waals surface area contributed by atoms with Crippen molar-refractivity contribution in [1.29, 1.82) is 0 Å². The number of aromatic nitrogens is 1. The molecule has 0 fully saturated rings. The maximum Gasteiger partial charge on any atom is 0.0497 e. The molecule has 0 amide bonds. The summed E-state index contributed by atoms with van der Waals surface area (Å²) in [5.74, 6) is 0. The van der Waals surface area contributed by atoms with Gasteiger partial charge in [-0.05, 0) is 42.3 Å². The minimum atomic E-state index is 0.342. The Bertz CT molecular complexity index is 519. The van der Waals surface area contributed by atoms with Crippen molar-refractivity contribution in [3.8, 4) is 0 Å². The van der Waals surface area contributed by atoms with Gasteiger partial charge in [-0.25, -0.2) is 0 Å². The third-order valence-electron chi connectivity index (χ3n) is 3.07. The Morgan fingerprint density at radius 3 is 2.59 bits per heavy atom. The molecule has 2 heteroatoms. The average Bonchev–Trinajstić information content (AvgIpc) is 2.57. The van der Waals surface area contributed by atoms with Crippen LogP contribution in [0, 0.1) is 5.41 Å². The van der Waals surface area contributed by atoms with Crippen LogP contribution in [0.3, 0.4) is 0 Å². The van der Waals surface area contributed by atoms with Crippen LogP contribution in [0.25, 0.3) is 10.9 Å². The van der Waals surface area contributed by atoms with Crippen molar-refractivity contribution in [2.45, 2.75) is 40.2 Å². The molecule has 1 heterocycles. The van der Waals surface area contributed by atoms with Crippen molar-refractivity contribution in [2.24, 2.45) is 5.41 Å². The molecule has 0 bridgehead atoms. The summed E-state index contributed by atoms with van der Waals surface area (Å²) in [6, 6.07) is 8.73. The van der Waals surface area contributed by atoms with Gasteiger partial charge >= 0.3 is 0 Å². The molecule has 0 spiro atoms. The summed E-state index contributed by atoms with van der Waals surface area (Å²) < 4.78 is 2.33. The van der Waals surface area contributed by atoms with E-state index in [-0.39, 0.29) is 0 Å². The number of hydrogen-bond acceptors (Lipinski definition) is 0. The molecule has 0 aliphatic heterocycles. The lowest BCUT2D eigenvalue weighted by atomic mass is 9.88. The molecule has 1 aromatic carbocycles. The molecule has 92 valence electrons. The highest BCUT2D eigenvalue weighted by Gasteiger charge is 2.17. The third kappa shape index (κ3) is 2.84. The van der Waals surface area contributed by atoms with Crippen LogP contribution in [0.1, 0.15) is 40.2 Å². The molecule has 1 atom stereocenters. The van der Waals surface area contributed by atoms with Crippen LogP contribution < -0.4 is 0 Å². The molecule has 0 aliphatic rings. The molecule has 1 unspecified atom stereocenters. The summed E-state index contributed by atoms with van der Waals surface area (Å²) in [6.45, 7) is 9.11. The summed E-state index contributed by atoms with van der Waals surface area (Å²) in [5, 5.41) is 2.07. The Morgan fingerprint density at radius 2 is 1.94 bits per heavy atom. The summed E-state index contributed by atoms with van der Waals surface area (Å²) in [5.41, 5.74) is 1.57. The number of halogens is 1. The molecule has 0 aliphatic carbocycles. The Hall–Kier alpha value is -0.950. The van der Waals surface area contributed by atoms with Gasteiger partial charge in [-0.3, -0.25) is 0 Å². The minimum Gasteiger partial charge on any atom is -0.345 e. The molecule has 1 aromatic heterocycles. The van der Waals surface area contributed by atoms with E-state index in [1.54, 1.807) is 0 Å². The Labute approximate surface area is 108 Å². The maximum atomic E-state index is 6.07. The van der Waals surface area contributed by atoms with Gasteiger partial charge in [0.15, 0.2) is 0 Å². The molecule has 0 N–H and O–H groups in total. The molecule has 0 saturated heterocycles. The van der Waals surface area contributed by atoms with E-state index in [0.29, 0.717) is 11.5 Å². The molecular formula is C15H20ClN. The first-order valence-electron chi connectivity index (χ1n) is 6.13. The number of rotatable bonds is 2. The lowest BCUT2D eigenvalue weighted by molar-refractivity contribution is 0.310. The van der Waals surface area contributed by atoms with E-state index in [4.69, 9.17) is 11.6 Å². The van der Waals surface area contributed by atoms with Crippen molar-refractivity contribution in [2.75, 3.05) is 0 Å². The van der Waals surface area contributed by atoms with Gasteiger partial charge in [0.05, 0.1) is 0 Å². The van der Waals surface area contributed by atoms with Crippen LogP contribution in [0.2, 0.25) is 5.02 Å². The predicted molar refractivity (Wildman–Crippen MR) is 75.7 cm³/mol. The Kier molecular flexibility index (Phi) is 3.22. The zero-order valence-electron chi connectivity index (χ0n) is 11.0. The Balaban J connectivity index is 2.38. The molecule has 17 heavy (non-hydrogen) atoms. The van der Waals surface area contributed by atoms with E-state index in [0.717, 1.165) is 11.4 Å². The van der Waals surface area contributed by atoms with Crippen molar-refractivity contribution < 1.29 is 0 Å². The van der Waals surface area contributed by atoms with Gasteiger partial charge in [0.1, 0.15) is 0 Å². The fraction of sp³-hybridized carbons (Fsp3) is 0.467. The average molecular weight is 250 g/mol. The molecule has 2 aromatic rings. The molecule has 0 saturated carbocycles. The van der Waals surface area contributed by atoms with Gasteiger partial charge in [-0.2, -0.15) is 0 Å². The third-order valence-corrected chi connectivity index (χ3v) is 3.30. The van der Waals surface area contributed by atoms with E-state index in [2.05, 4.69) is 56.7 Å². The zero-order valence-corrected chi connectivity index (χ0v) is 11.8. The van der Waals surface area contributed by atoms with Gasteiger partial charge in [0, 0.05) is 22.8 Å². The molecular weight excluding hydrogens is 230 g/mol. The van der Waals surface area contributed by atoms with Gasteiger partial charge in [0.25, 0.3) is 0 Å². The van der Waals surface area contributed by atoms with Crippen LogP contribution >= 0.6 is 11.6 Å². The van der Waals surface area contributed by atoms with Crippen molar-refractivity contribution >= 4 is 22.5 Å². The summed E-state index contributed by atoms with van der Waals surface area (Å²) in [6.07, 6.45) is 3.32. The van der Waals surface area contributed by atoms with Gasteiger partial charge in [-0.1, -0.05) is 38.4 Å². The number of fused-ring (bicyclic) bond motifs is 1. The van der Waals surface area contributed by atoms with Crippen molar-refractivity contribution in [3.05, 3.63) is 35.5 Å². The monoisotopic (exact) mass is 249 g/mol. The first-order chi connectivity index (χ1) is 7.87. The molecule has 0 radical (unpaired) electrons. The minimum absolute atomic E-state index is 0.342. The van der Waals surface area contributed by atoms with Crippen LogP contribution in [0.15, 0.2) is 30.5 Å². The first kappa shape index (κ1) is 12.5. The smallest absolute Gasteiger partial charge is 0.0497 e. The summed E-state index contributed by atoms with van der Waals surface area (Å²) in [7, 11) is 0. The normalized spacial score (nSPS) is 14.2. The topological polar surface area (TPSA) is 4.93 Å². The van der Waals surface area contributed by atoms with Crippen molar-refractivity contribution in [3.63, 3.8) is 0 Å². The molecule has 1 nitrogen and oxygen atoms in total. The molecule has 2 rings (SSSR count). The maximum absolute atomic E-state index is 6.07. The Morgan fingerprint density at radius 1 is 1.24 bits per heavy atom. The van der Waals surface area contributed by atoms with E-state index >= 15 is 0 Å². The standard InChI is InChI=1S/C15H20ClN/c1-11(10-15(2,3)4)17-8-7-12-5-6-13(16)9-14(12)17/h5-9,11H,10H2,1-4H3. The van der Waals surface area contributed by atoms with Crippen LogP contribution in [-0.2, 0) is 0 Å². The van der Waals surface area contributed by atoms with E-state index in [9.17, 15) is 0 Å². The second-order valence-electron chi connectivity index (χ2n) is 6.04. The van der Waals surface area contributed by atoms with E-state index < -0.39 is 0 Å². The van der Waals surface area contributed by atoms with Crippen LogP contribution in [0.5, 0.6) is 0 Å². The lowest BCUT2D eigenvalue weighted by Crippen LogP contribution is -2.14. The quantitative estimate of drug-likeness (QED) is 0.681. The highest BCUT2D eigenvalue weighted by atomic mass is 35.5. The fourth-order valence-corrected chi connectivity index (χ4v) is 2.66. The fourth-order valence-electron chi connectivity index (χ4n) is 2.49. The van der Waals surface area contributed by atoms with Crippen LogP contribution in [0.4, 0.5) is 0 Å². The summed E-state index contributed by atoms with van der Waals surface area (Å²) in [4.78, 5) is 0.